The van der Waals surface area contributed by atoms with E-state index >= 15 is 0 Å². The average Bonchev–Trinajstić information content (AvgIpc) is 4.10. The van der Waals surface area contributed by atoms with Gasteiger partial charge in [0.15, 0.2) is 0 Å². The summed E-state index contributed by atoms with van der Waals surface area (Å²) in [6.07, 6.45) is 2.28. The fourth-order valence-electron chi connectivity index (χ4n) is 8.72. The maximum atomic E-state index is 13.9. The fraction of sp³-hybridized carbons (Fsp3) is 0.447. The predicted octanol–water partition coefficient (Wildman–Crippen LogP) is 8.63. The molecular formula is C47H52ClF3N8O6. The quantitative estimate of drug-likeness (QED) is 0.118. The SMILES string of the molecule is COC(=O)N[C@H](C(=O)N1CC(C2CC2)=C[C@H]1c1ncc(-c2ccc(-c3cc(Cl)c(NC(=O)c4ccc(N5CCN(C(=O)[C@H]6CC6(C)C)C[C@H]5C)nc4)cc3OC(F)(F)F)cc2)[nH]1)C(C)C. The van der Waals surface area contributed by atoms with Crippen molar-refractivity contribution < 1.29 is 41.8 Å². The third kappa shape index (κ3) is 9.94. The van der Waals surface area contributed by atoms with Crippen LogP contribution in [0.25, 0.3) is 22.4 Å². The summed E-state index contributed by atoms with van der Waals surface area (Å²) in [4.78, 5) is 70.6. The largest absolute Gasteiger partial charge is 0.573 e. The number of nitrogens with zero attached hydrogens (tertiary/aromatic N) is 5. The zero-order valence-electron chi connectivity index (χ0n) is 37.0. The Labute approximate surface area is 379 Å². The zero-order valence-corrected chi connectivity index (χ0v) is 37.7. The Bertz CT molecular complexity index is 2510. The van der Waals surface area contributed by atoms with Gasteiger partial charge in [0, 0.05) is 56.0 Å². The van der Waals surface area contributed by atoms with Crippen molar-refractivity contribution in [2.45, 2.75) is 78.4 Å². The van der Waals surface area contributed by atoms with Crippen molar-refractivity contribution >= 4 is 46.9 Å². The summed E-state index contributed by atoms with van der Waals surface area (Å²) in [5.74, 6) is 0.0912. The van der Waals surface area contributed by atoms with Gasteiger partial charge in [-0.15, -0.1) is 13.2 Å². The number of pyridine rings is 1. The minimum absolute atomic E-state index is 0.00657. The van der Waals surface area contributed by atoms with Gasteiger partial charge in [-0.25, -0.2) is 14.8 Å². The third-order valence-electron chi connectivity index (χ3n) is 12.8. The highest BCUT2D eigenvalue weighted by molar-refractivity contribution is 6.34. The van der Waals surface area contributed by atoms with E-state index in [0.29, 0.717) is 60.6 Å². The molecule has 2 aromatic carbocycles. The van der Waals surface area contributed by atoms with Crippen molar-refractivity contribution in [2.75, 3.05) is 43.5 Å². The number of methoxy groups -OCH3 is 1. The van der Waals surface area contributed by atoms with Crippen molar-refractivity contribution in [3.05, 3.63) is 89.0 Å². The van der Waals surface area contributed by atoms with E-state index in [4.69, 9.17) is 16.3 Å². The Balaban J connectivity index is 0.963. The minimum atomic E-state index is -5.06. The summed E-state index contributed by atoms with van der Waals surface area (Å²) in [7, 11) is 1.24. The average molecular weight is 917 g/mol. The zero-order chi connectivity index (χ0) is 46.5. The molecule has 4 amide bonds. The first-order chi connectivity index (χ1) is 30.8. The van der Waals surface area contributed by atoms with Gasteiger partial charge in [0.05, 0.1) is 35.3 Å². The molecule has 4 aromatic rings. The molecule has 4 aliphatic rings. The minimum Gasteiger partial charge on any atom is -0.453 e. The molecule has 14 nitrogen and oxygen atoms in total. The Morgan fingerprint density at radius 1 is 0.985 bits per heavy atom. The van der Waals surface area contributed by atoms with Crippen LogP contribution in [0.1, 0.15) is 76.1 Å². The monoisotopic (exact) mass is 916 g/mol. The number of halogens is 4. The molecule has 18 heteroatoms. The number of carbonyl (C=O) groups excluding carboxylic acids is 4. The van der Waals surface area contributed by atoms with Crippen LogP contribution in [-0.4, -0.2) is 100 Å². The molecule has 2 aromatic heterocycles. The molecule has 2 aliphatic heterocycles. The number of hydrogen-bond donors (Lipinski definition) is 3. The van der Waals surface area contributed by atoms with Crippen molar-refractivity contribution in [1.82, 2.24) is 30.1 Å². The molecule has 4 heterocycles. The van der Waals surface area contributed by atoms with Gasteiger partial charge in [-0.05, 0) is 78.3 Å². The number of alkyl halides is 3. The van der Waals surface area contributed by atoms with Gasteiger partial charge in [-0.1, -0.05) is 69.6 Å². The Morgan fingerprint density at radius 2 is 1.69 bits per heavy atom. The van der Waals surface area contributed by atoms with Crippen LogP contribution in [-0.2, 0) is 14.3 Å². The van der Waals surface area contributed by atoms with Gasteiger partial charge in [0.2, 0.25) is 11.8 Å². The van der Waals surface area contributed by atoms with E-state index in [1.807, 2.05) is 31.7 Å². The molecule has 0 bridgehead atoms. The predicted molar refractivity (Wildman–Crippen MR) is 238 cm³/mol. The second-order valence-corrected chi connectivity index (χ2v) is 18.8. The van der Waals surface area contributed by atoms with E-state index in [1.54, 1.807) is 47.5 Å². The molecule has 3 N–H and O–H groups in total. The van der Waals surface area contributed by atoms with Crippen LogP contribution >= 0.6 is 11.6 Å². The Kier molecular flexibility index (Phi) is 12.4. The molecule has 344 valence electrons. The molecule has 1 saturated heterocycles. The van der Waals surface area contributed by atoms with Crippen LogP contribution < -0.4 is 20.3 Å². The number of ether oxygens (including phenoxy) is 2. The first kappa shape index (κ1) is 45.5. The highest BCUT2D eigenvalue weighted by atomic mass is 35.5. The lowest BCUT2D eigenvalue weighted by atomic mass is 10.0. The number of nitrogens with one attached hydrogen (secondary N) is 3. The first-order valence-corrected chi connectivity index (χ1v) is 22.1. The van der Waals surface area contributed by atoms with Gasteiger partial charge < -0.3 is 39.8 Å². The molecule has 65 heavy (non-hydrogen) atoms. The maximum Gasteiger partial charge on any atom is 0.573 e. The van der Waals surface area contributed by atoms with Crippen molar-refractivity contribution in [2.24, 2.45) is 23.2 Å². The van der Waals surface area contributed by atoms with Gasteiger partial charge in [-0.3, -0.25) is 14.4 Å². The number of aromatic nitrogens is 3. The standard InChI is InChI=1S/C47H52ClF3N8O6/c1-25(2)40(56-45(63)64-6)44(62)59-24-31(27-7-8-27)17-37(59)41-53-22-36(54-41)29-11-9-28(10-12-29)32-18-34(48)35(19-38(32)65-47(49,50)51)55-42(60)30-13-14-39(52-21-30)58-16-15-57(23-26(58)3)43(61)33-20-46(33,4)5/h9-14,17-19,21-22,25-27,33,37,40H,7-8,15-16,20,23-24H2,1-6H3,(H,53,54)(H,55,60)(H,56,63)/t26-,33-,37+,40+/m1/s1. The number of benzene rings is 2. The number of hydrogen-bond acceptors (Lipinski definition) is 9. The van der Waals surface area contributed by atoms with Crippen molar-refractivity contribution in [1.29, 1.82) is 0 Å². The summed E-state index contributed by atoms with van der Waals surface area (Å²) >= 11 is 6.62. The second-order valence-electron chi connectivity index (χ2n) is 18.4. The van der Waals surface area contributed by atoms with Crippen molar-refractivity contribution in [3.63, 3.8) is 0 Å². The van der Waals surface area contributed by atoms with E-state index in [9.17, 15) is 32.3 Å². The van der Waals surface area contributed by atoms with E-state index in [-0.39, 0.29) is 56.9 Å². The van der Waals surface area contributed by atoms with Gasteiger partial charge in [0.1, 0.15) is 29.5 Å². The molecule has 0 radical (unpaired) electrons. The molecule has 3 fully saturated rings. The van der Waals surface area contributed by atoms with Crippen molar-refractivity contribution in [3.8, 4) is 28.1 Å². The highest BCUT2D eigenvalue weighted by Crippen LogP contribution is 2.52. The van der Waals surface area contributed by atoms with Crippen LogP contribution in [0.4, 0.5) is 29.5 Å². The number of rotatable bonds is 12. The number of piperazine rings is 1. The van der Waals surface area contributed by atoms with E-state index in [1.165, 1.54) is 19.4 Å². The van der Waals surface area contributed by atoms with Gasteiger partial charge >= 0.3 is 12.5 Å². The summed E-state index contributed by atoms with van der Waals surface area (Å²) in [6, 6.07) is 10.9. The van der Waals surface area contributed by atoms with Crippen LogP contribution in [0.5, 0.6) is 5.75 Å². The molecule has 4 atom stereocenters. The highest BCUT2D eigenvalue weighted by Gasteiger charge is 2.52. The second kappa shape index (κ2) is 17.7. The summed E-state index contributed by atoms with van der Waals surface area (Å²) in [5.41, 5.74) is 2.90. The Morgan fingerprint density at radius 3 is 2.29 bits per heavy atom. The molecule has 0 unspecified atom stereocenters. The number of H-pyrrole nitrogens is 1. The number of imidazole rings is 1. The molecule has 2 saturated carbocycles. The smallest absolute Gasteiger partial charge is 0.453 e. The summed E-state index contributed by atoms with van der Waals surface area (Å²) in [5, 5.41) is 5.24. The summed E-state index contributed by atoms with van der Waals surface area (Å²) < 4.78 is 50.7. The van der Waals surface area contributed by atoms with E-state index in [0.717, 1.165) is 30.9 Å². The number of alkyl carbamates (subject to hydrolysis) is 1. The third-order valence-corrected chi connectivity index (χ3v) is 13.1. The Hall–Kier alpha value is -6.10. The molecule has 2 aliphatic carbocycles. The molecular weight excluding hydrogens is 865 g/mol. The lowest BCUT2D eigenvalue weighted by Crippen LogP contribution is -2.54. The number of aromatic amines is 1. The fourth-order valence-corrected chi connectivity index (χ4v) is 8.93. The number of carbonyl (C=O) groups is 4. The maximum absolute atomic E-state index is 13.9. The van der Waals surface area contributed by atoms with Crippen LogP contribution in [0.15, 0.2) is 72.6 Å². The van der Waals surface area contributed by atoms with Crippen LogP contribution in [0, 0.1) is 23.2 Å². The lowest BCUT2D eigenvalue weighted by Gasteiger charge is -2.40. The first-order valence-electron chi connectivity index (χ1n) is 21.7. The normalized spacial score (nSPS) is 20.9. The molecule has 0 spiro atoms. The molecule has 8 rings (SSSR count). The van der Waals surface area contributed by atoms with Gasteiger partial charge in [0.25, 0.3) is 5.91 Å². The summed E-state index contributed by atoms with van der Waals surface area (Å²) in [6.45, 7) is 12.0. The topological polar surface area (TPSA) is 162 Å². The van der Waals surface area contributed by atoms with E-state index < -0.39 is 36.2 Å². The lowest BCUT2D eigenvalue weighted by molar-refractivity contribution is -0.274. The van der Waals surface area contributed by atoms with Crippen LogP contribution in [0.3, 0.4) is 0 Å². The van der Waals surface area contributed by atoms with Gasteiger partial charge in [-0.2, -0.15) is 0 Å². The van der Waals surface area contributed by atoms with Crippen LogP contribution in [0.2, 0.25) is 5.02 Å². The number of amides is 4. The van der Waals surface area contributed by atoms with E-state index in [2.05, 4.69) is 49.1 Å². The number of anilines is 2.